The van der Waals surface area contributed by atoms with E-state index < -0.39 is 0 Å². The maximum absolute atomic E-state index is 6.24. The molecule has 0 atom stereocenters. The van der Waals surface area contributed by atoms with E-state index in [0.717, 1.165) is 22.5 Å². The van der Waals surface area contributed by atoms with Crippen molar-refractivity contribution in [3.05, 3.63) is 71.5 Å². The summed E-state index contributed by atoms with van der Waals surface area (Å²) >= 11 is 9.74. The van der Waals surface area contributed by atoms with E-state index >= 15 is 0 Å². The molecule has 0 spiro atoms. The summed E-state index contributed by atoms with van der Waals surface area (Å²) in [5.41, 5.74) is 4.15. The predicted octanol–water partition coefficient (Wildman–Crippen LogP) is 5.09. The van der Waals surface area contributed by atoms with Crippen LogP contribution in [0.4, 0.5) is 0 Å². The van der Waals surface area contributed by atoms with Crippen LogP contribution in [0.15, 0.2) is 60.8 Å². The van der Waals surface area contributed by atoms with Crippen LogP contribution in [0, 0.1) is 0 Å². The van der Waals surface area contributed by atoms with E-state index in [0.29, 0.717) is 10.4 Å². The Hall–Kier alpha value is -1.58. The molecule has 1 heterocycles. The molecule has 3 rings (SSSR count). The molecule has 2 aromatic carbocycles. The average Bonchev–Trinajstić information content (AvgIpc) is 2.92. The topological polar surface area (TPSA) is 17.8 Å². The summed E-state index contributed by atoms with van der Waals surface area (Å²) in [7, 11) is 0. The molecule has 3 aromatic rings. The second-order valence-corrected chi connectivity index (χ2v) is 5.35. The van der Waals surface area contributed by atoms with E-state index in [-0.39, 0.29) is 0 Å². The first-order valence-electron chi connectivity index (χ1n) is 6.24. The second kappa shape index (κ2) is 5.81. The molecule has 0 saturated heterocycles. The van der Waals surface area contributed by atoms with E-state index in [2.05, 4.69) is 33.2 Å². The molecule has 0 aliphatic heterocycles. The molecular weight excluding hydrogens is 336 g/mol. The van der Waals surface area contributed by atoms with Gasteiger partial charge in [0.05, 0.1) is 16.4 Å². The van der Waals surface area contributed by atoms with Crippen molar-refractivity contribution in [2.24, 2.45) is 0 Å². The van der Waals surface area contributed by atoms with Gasteiger partial charge in [-0.2, -0.15) is 5.10 Å². The van der Waals surface area contributed by atoms with Gasteiger partial charge in [-0.05, 0) is 17.7 Å². The first kappa shape index (κ1) is 13.4. The highest BCUT2D eigenvalue weighted by molar-refractivity contribution is 9.08. The quantitative estimate of drug-likeness (QED) is 0.604. The van der Waals surface area contributed by atoms with Crippen molar-refractivity contribution in [3.63, 3.8) is 0 Å². The highest BCUT2D eigenvalue weighted by Gasteiger charge is 2.12. The second-order valence-electron chi connectivity index (χ2n) is 4.39. The molecular formula is C16H12BrClN2. The summed E-state index contributed by atoms with van der Waals surface area (Å²) in [6, 6.07) is 17.9. The Morgan fingerprint density at radius 3 is 2.40 bits per heavy atom. The van der Waals surface area contributed by atoms with E-state index in [9.17, 15) is 0 Å². The molecule has 0 amide bonds. The molecule has 2 nitrogen and oxygen atoms in total. The Morgan fingerprint density at radius 1 is 1.00 bits per heavy atom. The van der Waals surface area contributed by atoms with Gasteiger partial charge in [-0.3, -0.25) is 0 Å². The van der Waals surface area contributed by atoms with Gasteiger partial charge in [0.25, 0.3) is 0 Å². The number of para-hydroxylation sites is 1. The lowest BCUT2D eigenvalue weighted by Gasteiger charge is -2.02. The van der Waals surface area contributed by atoms with Gasteiger partial charge >= 0.3 is 0 Å². The lowest BCUT2D eigenvalue weighted by Crippen LogP contribution is -1.95. The van der Waals surface area contributed by atoms with Gasteiger partial charge in [0.1, 0.15) is 0 Å². The van der Waals surface area contributed by atoms with Crippen LogP contribution in [-0.2, 0) is 5.33 Å². The summed E-state index contributed by atoms with van der Waals surface area (Å²) in [5, 5.41) is 6.02. The highest BCUT2D eigenvalue weighted by Crippen LogP contribution is 2.27. The first-order chi connectivity index (χ1) is 9.79. The van der Waals surface area contributed by atoms with Gasteiger partial charge in [0.15, 0.2) is 0 Å². The van der Waals surface area contributed by atoms with Gasteiger partial charge < -0.3 is 0 Å². The van der Waals surface area contributed by atoms with Crippen molar-refractivity contribution in [3.8, 4) is 16.8 Å². The summed E-state index contributed by atoms with van der Waals surface area (Å²) in [4.78, 5) is 0. The maximum Gasteiger partial charge on any atom is 0.0832 e. The van der Waals surface area contributed by atoms with Crippen LogP contribution >= 0.6 is 27.5 Å². The normalized spacial score (nSPS) is 10.7. The van der Waals surface area contributed by atoms with Crippen molar-refractivity contribution >= 4 is 27.5 Å². The summed E-state index contributed by atoms with van der Waals surface area (Å²) in [5.74, 6) is 0. The van der Waals surface area contributed by atoms with Crippen LogP contribution in [0.5, 0.6) is 0 Å². The van der Waals surface area contributed by atoms with Crippen LogP contribution in [0.25, 0.3) is 16.8 Å². The van der Waals surface area contributed by atoms with Crippen molar-refractivity contribution < 1.29 is 0 Å². The van der Waals surface area contributed by atoms with Gasteiger partial charge in [-0.15, -0.1) is 0 Å². The van der Waals surface area contributed by atoms with Crippen LogP contribution < -0.4 is 0 Å². The predicted molar refractivity (Wildman–Crippen MR) is 86.6 cm³/mol. The smallest absolute Gasteiger partial charge is 0.0832 e. The lowest BCUT2D eigenvalue weighted by molar-refractivity contribution is 0.861. The minimum Gasteiger partial charge on any atom is -0.239 e. The fraction of sp³-hybridized carbons (Fsp3) is 0.0625. The number of aromatic nitrogens is 2. The van der Waals surface area contributed by atoms with Gasteiger partial charge in [-0.1, -0.05) is 70.0 Å². The minimum absolute atomic E-state index is 0.690. The molecule has 0 aliphatic rings. The minimum atomic E-state index is 0.690. The number of alkyl halides is 1. The van der Waals surface area contributed by atoms with E-state index in [1.807, 2.05) is 53.3 Å². The Morgan fingerprint density at radius 2 is 1.70 bits per heavy atom. The molecule has 20 heavy (non-hydrogen) atoms. The molecule has 4 heteroatoms. The van der Waals surface area contributed by atoms with Crippen LogP contribution in [0.1, 0.15) is 5.69 Å². The monoisotopic (exact) mass is 346 g/mol. The zero-order chi connectivity index (χ0) is 13.9. The van der Waals surface area contributed by atoms with Gasteiger partial charge in [0.2, 0.25) is 0 Å². The Bertz CT molecular complexity index is 722. The lowest BCUT2D eigenvalue weighted by atomic mass is 10.1. The first-order valence-corrected chi connectivity index (χ1v) is 7.74. The molecule has 0 radical (unpaired) electrons. The van der Waals surface area contributed by atoms with Crippen LogP contribution in [-0.4, -0.2) is 9.78 Å². The van der Waals surface area contributed by atoms with Crippen molar-refractivity contribution in [1.29, 1.82) is 0 Å². The molecule has 0 bridgehead atoms. The van der Waals surface area contributed by atoms with E-state index in [1.54, 1.807) is 0 Å². The van der Waals surface area contributed by atoms with E-state index in [1.165, 1.54) is 0 Å². The number of hydrogen-bond acceptors (Lipinski definition) is 1. The molecule has 0 unspecified atom stereocenters. The van der Waals surface area contributed by atoms with Crippen LogP contribution in [0.3, 0.4) is 0 Å². The fourth-order valence-electron chi connectivity index (χ4n) is 2.13. The molecule has 0 saturated carbocycles. The zero-order valence-electron chi connectivity index (χ0n) is 10.6. The SMILES string of the molecule is Clc1ccccc1-n1cc(-c2ccccc2)c(CBr)n1. The van der Waals surface area contributed by atoms with Crippen molar-refractivity contribution in [2.45, 2.75) is 5.33 Å². The average molecular weight is 348 g/mol. The number of nitrogens with zero attached hydrogens (tertiary/aromatic N) is 2. The third-order valence-corrected chi connectivity index (χ3v) is 3.95. The van der Waals surface area contributed by atoms with E-state index in [4.69, 9.17) is 11.6 Å². The molecule has 0 N–H and O–H groups in total. The highest BCUT2D eigenvalue weighted by atomic mass is 79.9. The number of hydrogen-bond donors (Lipinski definition) is 0. The molecule has 1 aromatic heterocycles. The van der Waals surface area contributed by atoms with Crippen molar-refractivity contribution in [1.82, 2.24) is 9.78 Å². The van der Waals surface area contributed by atoms with Crippen molar-refractivity contribution in [2.75, 3.05) is 0 Å². The number of benzene rings is 2. The summed E-state index contributed by atoms with van der Waals surface area (Å²) < 4.78 is 1.83. The Kier molecular flexibility index (Phi) is 3.90. The Labute approximate surface area is 131 Å². The molecule has 0 aliphatic carbocycles. The largest absolute Gasteiger partial charge is 0.239 e. The number of rotatable bonds is 3. The van der Waals surface area contributed by atoms with Gasteiger partial charge in [-0.25, -0.2) is 4.68 Å². The summed E-state index contributed by atoms with van der Waals surface area (Å²) in [6.45, 7) is 0. The third-order valence-electron chi connectivity index (χ3n) is 3.10. The van der Waals surface area contributed by atoms with Crippen LogP contribution in [0.2, 0.25) is 5.02 Å². The summed E-state index contributed by atoms with van der Waals surface area (Å²) in [6.07, 6.45) is 2.02. The standard InChI is InChI=1S/C16H12BrClN2/c17-10-15-13(12-6-2-1-3-7-12)11-20(19-15)16-9-5-4-8-14(16)18/h1-9,11H,10H2. The maximum atomic E-state index is 6.24. The molecule has 0 fully saturated rings. The third kappa shape index (κ3) is 2.51. The zero-order valence-corrected chi connectivity index (χ0v) is 13.0. The molecule has 100 valence electrons. The van der Waals surface area contributed by atoms with Gasteiger partial charge in [0, 0.05) is 17.1 Å². The fourth-order valence-corrected chi connectivity index (χ4v) is 2.76. The Balaban J connectivity index is 2.13. The number of halogens is 2.